The molecule has 0 bridgehead atoms. The molecule has 104 valence electrons. The Balaban J connectivity index is 2.04. The summed E-state index contributed by atoms with van der Waals surface area (Å²) in [5.41, 5.74) is 2.05. The predicted octanol–water partition coefficient (Wildman–Crippen LogP) is 2.65. The number of ketones is 1. The molecule has 1 aliphatic rings. The van der Waals surface area contributed by atoms with E-state index in [2.05, 4.69) is 0 Å². The van der Waals surface area contributed by atoms with E-state index >= 15 is 0 Å². The van der Waals surface area contributed by atoms with Crippen molar-refractivity contribution < 1.29 is 14.3 Å². The van der Waals surface area contributed by atoms with Crippen LogP contribution in [0.1, 0.15) is 5.56 Å². The summed E-state index contributed by atoms with van der Waals surface area (Å²) in [6.07, 6.45) is 1.37. The van der Waals surface area contributed by atoms with E-state index in [1.165, 1.54) is 11.0 Å². The molecule has 0 aromatic heterocycles. The summed E-state index contributed by atoms with van der Waals surface area (Å²) in [4.78, 5) is 25.3. The third-order valence-corrected chi connectivity index (χ3v) is 3.32. The highest BCUT2D eigenvalue weighted by Gasteiger charge is 2.32. The third-order valence-electron chi connectivity index (χ3n) is 3.32. The molecule has 0 fully saturated rings. The Hall–Kier alpha value is -2.88. The molecular weight excluding hydrogens is 266 g/mol. The second-order valence-corrected chi connectivity index (χ2v) is 4.60. The Morgan fingerprint density at radius 3 is 2.19 bits per heavy atom. The summed E-state index contributed by atoms with van der Waals surface area (Å²) in [6, 6.07) is 16.4. The molecule has 1 amide bonds. The lowest BCUT2D eigenvalue weighted by atomic mass is 10.1. The van der Waals surface area contributed by atoms with Gasteiger partial charge in [-0.1, -0.05) is 18.2 Å². The standard InChI is InChI=1S/C17H13NO3/c1-21-14-9-7-12(8-10-14)15-11-16(19)17(20)18(15)13-5-3-2-4-6-13/h2-11H,1H3. The molecule has 0 aliphatic carbocycles. The number of carbonyl (C=O) groups excluding carboxylic acids is 2. The number of methoxy groups -OCH3 is 1. The minimum absolute atomic E-state index is 0.510. The molecule has 0 radical (unpaired) electrons. The van der Waals surface area contributed by atoms with Gasteiger partial charge in [0, 0.05) is 11.8 Å². The van der Waals surface area contributed by atoms with Crippen LogP contribution in [0, 0.1) is 0 Å². The number of amides is 1. The first-order chi connectivity index (χ1) is 10.2. The normalized spacial score (nSPS) is 14.3. The van der Waals surface area contributed by atoms with Crippen LogP contribution in [-0.2, 0) is 9.59 Å². The quantitative estimate of drug-likeness (QED) is 0.811. The molecule has 0 unspecified atom stereocenters. The summed E-state index contributed by atoms with van der Waals surface area (Å²) in [6.45, 7) is 0. The first-order valence-corrected chi connectivity index (χ1v) is 6.50. The van der Waals surface area contributed by atoms with Crippen LogP contribution in [0.15, 0.2) is 60.7 Å². The lowest BCUT2D eigenvalue weighted by molar-refractivity contribution is -0.132. The predicted molar refractivity (Wildman–Crippen MR) is 79.9 cm³/mol. The Bertz CT molecular complexity index is 717. The lowest BCUT2D eigenvalue weighted by Crippen LogP contribution is -2.27. The number of rotatable bonds is 3. The molecule has 0 saturated heterocycles. The highest BCUT2D eigenvalue weighted by Crippen LogP contribution is 2.31. The summed E-state index contributed by atoms with van der Waals surface area (Å²) < 4.78 is 5.12. The fraction of sp³-hybridized carbons (Fsp3) is 0.0588. The van der Waals surface area contributed by atoms with Gasteiger partial charge in [-0.3, -0.25) is 14.5 Å². The fourth-order valence-corrected chi connectivity index (χ4v) is 2.28. The molecule has 1 heterocycles. The average Bonchev–Trinajstić information content (AvgIpc) is 2.84. The zero-order chi connectivity index (χ0) is 14.8. The van der Waals surface area contributed by atoms with Crippen molar-refractivity contribution in [1.82, 2.24) is 0 Å². The summed E-state index contributed by atoms with van der Waals surface area (Å²) in [5, 5.41) is 0. The molecule has 0 atom stereocenters. The molecule has 0 spiro atoms. The summed E-state index contributed by atoms with van der Waals surface area (Å²) in [7, 11) is 1.59. The second kappa shape index (κ2) is 5.25. The van der Waals surface area contributed by atoms with E-state index in [-0.39, 0.29) is 0 Å². The smallest absolute Gasteiger partial charge is 0.303 e. The minimum Gasteiger partial charge on any atom is -0.497 e. The molecule has 2 aromatic carbocycles. The molecular formula is C17H13NO3. The van der Waals surface area contributed by atoms with Gasteiger partial charge in [-0.05, 0) is 42.0 Å². The first kappa shape index (κ1) is 13.1. The third kappa shape index (κ3) is 2.31. The van der Waals surface area contributed by atoms with Crippen molar-refractivity contribution in [2.75, 3.05) is 12.0 Å². The van der Waals surface area contributed by atoms with Gasteiger partial charge in [0.05, 0.1) is 12.8 Å². The number of benzene rings is 2. The average molecular weight is 279 g/mol. The van der Waals surface area contributed by atoms with Gasteiger partial charge in [0.2, 0.25) is 5.78 Å². The fourth-order valence-electron chi connectivity index (χ4n) is 2.28. The van der Waals surface area contributed by atoms with Crippen LogP contribution in [-0.4, -0.2) is 18.8 Å². The van der Waals surface area contributed by atoms with Gasteiger partial charge < -0.3 is 4.74 Å². The van der Waals surface area contributed by atoms with Crippen molar-refractivity contribution in [3.8, 4) is 5.75 Å². The molecule has 1 aliphatic heterocycles. The Morgan fingerprint density at radius 2 is 1.57 bits per heavy atom. The van der Waals surface area contributed by atoms with Crippen molar-refractivity contribution in [3.63, 3.8) is 0 Å². The van der Waals surface area contributed by atoms with E-state index in [4.69, 9.17) is 4.74 Å². The zero-order valence-corrected chi connectivity index (χ0v) is 11.4. The van der Waals surface area contributed by atoms with E-state index in [1.54, 1.807) is 31.4 Å². The monoisotopic (exact) mass is 279 g/mol. The number of nitrogens with zero attached hydrogens (tertiary/aromatic N) is 1. The molecule has 2 aromatic rings. The summed E-state index contributed by atoms with van der Waals surface area (Å²) >= 11 is 0. The number of hydrogen-bond acceptors (Lipinski definition) is 3. The van der Waals surface area contributed by atoms with Crippen molar-refractivity contribution in [2.45, 2.75) is 0 Å². The van der Waals surface area contributed by atoms with E-state index in [0.717, 1.165) is 11.3 Å². The van der Waals surface area contributed by atoms with Gasteiger partial charge in [0.1, 0.15) is 5.75 Å². The lowest BCUT2D eigenvalue weighted by Gasteiger charge is -2.20. The molecule has 3 rings (SSSR count). The van der Waals surface area contributed by atoms with Crippen molar-refractivity contribution in [3.05, 3.63) is 66.2 Å². The number of carbonyl (C=O) groups is 2. The van der Waals surface area contributed by atoms with Crippen molar-refractivity contribution in [2.24, 2.45) is 0 Å². The topological polar surface area (TPSA) is 46.6 Å². The van der Waals surface area contributed by atoms with Gasteiger partial charge in [0.25, 0.3) is 0 Å². The maximum absolute atomic E-state index is 12.1. The van der Waals surface area contributed by atoms with E-state index in [1.807, 2.05) is 30.3 Å². The maximum atomic E-state index is 12.1. The van der Waals surface area contributed by atoms with Crippen molar-refractivity contribution >= 4 is 23.1 Å². The second-order valence-electron chi connectivity index (χ2n) is 4.60. The number of ether oxygens (including phenoxy) is 1. The van der Waals surface area contributed by atoms with Gasteiger partial charge in [0.15, 0.2) is 0 Å². The first-order valence-electron chi connectivity index (χ1n) is 6.50. The van der Waals surface area contributed by atoms with E-state index in [9.17, 15) is 9.59 Å². The largest absolute Gasteiger partial charge is 0.497 e. The van der Waals surface area contributed by atoms with E-state index in [0.29, 0.717) is 11.4 Å². The van der Waals surface area contributed by atoms with Gasteiger partial charge in [-0.15, -0.1) is 0 Å². The van der Waals surface area contributed by atoms with E-state index < -0.39 is 11.7 Å². The van der Waals surface area contributed by atoms with Crippen LogP contribution in [0.5, 0.6) is 5.75 Å². The number of para-hydroxylation sites is 1. The van der Waals surface area contributed by atoms with Crippen LogP contribution in [0.2, 0.25) is 0 Å². The minimum atomic E-state index is -0.535. The Morgan fingerprint density at radius 1 is 0.905 bits per heavy atom. The molecule has 4 heteroatoms. The van der Waals surface area contributed by atoms with Crippen LogP contribution in [0.4, 0.5) is 5.69 Å². The molecule has 0 saturated carbocycles. The van der Waals surface area contributed by atoms with Crippen LogP contribution < -0.4 is 9.64 Å². The zero-order valence-electron chi connectivity index (χ0n) is 11.4. The molecule has 4 nitrogen and oxygen atoms in total. The van der Waals surface area contributed by atoms with Gasteiger partial charge in [-0.2, -0.15) is 0 Å². The molecule has 0 N–H and O–H groups in total. The summed E-state index contributed by atoms with van der Waals surface area (Å²) in [5.74, 6) is -0.321. The van der Waals surface area contributed by atoms with Gasteiger partial charge >= 0.3 is 5.91 Å². The maximum Gasteiger partial charge on any atom is 0.303 e. The Kier molecular flexibility index (Phi) is 3.28. The molecule has 21 heavy (non-hydrogen) atoms. The van der Waals surface area contributed by atoms with Crippen LogP contribution >= 0.6 is 0 Å². The van der Waals surface area contributed by atoms with Crippen LogP contribution in [0.3, 0.4) is 0 Å². The Labute approximate surface area is 122 Å². The number of anilines is 1. The van der Waals surface area contributed by atoms with Crippen molar-refractivity contribution in [1.29, 1.82) is 0 Å². The van der Waals surface area contributed by atoms with Crippen LogP contribution in [0.25, 0.3) is 5.70 Å². The highest BCUT2D eigenvalue weighted by molar-refractivity contribution is 6.52. The number of hydrogen-bond donors (Lipinski definition) is 0. The van der Waals surface area contributed by atoms with Gasteiger partial charge in [-0.25, -0.2) is 0 Å². The highest BCUT2D eigenvalue weighted by atomic mass is 16.5. The SMILES string of the molecule is COc1ccc(C2=CC(=O)C(=O)N2c2ccccc2)cc1.